The summed E-state index contributed by atoms with van der Waals surface area (Å²) in [7, 11) is 1.46. The molecule has 0 unspecified atom stereocenters. The minimum atomic E-state index is -0.821. The number of nitro groups is 4. The maximum atomic E-state index is 11.4. The van der Waals surface area contributed by atoms with E-state index in [1.54, 1.807) is 24.3 Å². The number of non-ortho nitro benzene ring substituents is 2. The molecule has 0 saturated carbocycles. The van der Waals surface area contributed by atoms with Gasteiger partial charge in [-0.05, 0) is 36.4 Å². The fourth-order valence-electron chi connectivity index (χ4n) is 2.97. The van der Waals surface area contributed by atoms with E-state index in [1.165, 1.54) is 7.11 Å². The van der Waals surface area contributed by atoms with Crippen molar-refractivity contribution in [3.05, 3.63) is 107 Å². The zero-order valence-corrected chi connectivity index (χ0v) is 19.2. The summed E-state index contributed by atoms with van der Waals surface area (Å²) in [6.45, 7) is 0. The number of rotatable bonds is 11. The summed E-state index contributed by atoms with van der Waals surface area (Å²) in [5, 5.41) is 52.7. The van der Waals surface area contributed by atoms with Crippen molar-refractivity contribution in [2.45, 2.75) is 0 Å². The van der Waals surface area contributed by atoms with Crippen molar-refractivity contribution in [2.75, 3.05) is 18.0 Å². The Balaban J connectivity index is 1.97. The van der Waals surface area contributed by atoms with Gasteiger partial charge in [0, 0.05) is 17.7 Å². The van der Waals surface area contributed by atoms with Gasteiger partial charge in [-0.25, -0.2) is 0 Å². The van der Waals surface area contributed by atoms with Crippen molar-refractivity contribution in [1.29, 1.82) is 0 Å². The van der Waals surface area contributed by atoms with E-state index in [2.05, 4.69) is 21.1 Å². The number of methoxy groups -OCH3 is 1. The predicted molar refractivity (Wildman–Crippen MR) is 135 cm³/mol. The number of anilines is 2. The van der Waals surface area contributed by atoms with E-state index < -0.39 is 42.4 Å². The minimum Gasteiger partial charge on any atom is -0.497 e. The summed E-state index contributed by atoms with van der Waals surface area (Å²) in [4.78, 5) is 41.4. The molecule has 0 atom stereocenters. The topological polar surface area (TPSA) is 231 Å². The van der Waals surface area contributed by atoms with Gasteiger partial charge in [0.05, 0.1) is 45.2 Å². The number of nitrogens with zero attached hydrogens (tertiary/aromatic N) is 6. The molecule has 3 rings (SSSR count). The first-order chi connectivity index (χ1) is 18.1. The zero-order valence-electron chi connectivity index (χ0n) is 19.2. The van der Waals surface area contributed by atoms with E-state index in [9.17, 15) is 40.5 Å². The Morgan fingerprint density at radius 3 is 1.68 bits per heavy atom. The number of hydrogen-bond donors (Lipinski definition) is 2. The molecule has 38 heavy (non-hydrogen) atoms. The first-order valence-corrected chi connectivity index (χ1v) is 10.2. The van der Waals surface area contributed by atoms with Crippen molar-refractivity contribution in [3.8, 4) is 5.75 Å². The number of hydrogen-bond acceptors (Lipinski definition) is 13. The molecule has 0 bridgehead atoms. The second kappa shape index (κ2) is 11.6. The third-order valence-corrected chi connectivity index (χ3v) is 4.83. The number of benzene rings is 3. The Hall–Kier alpha value is -6.00. The van der Waals surface area contributed by atoms with Crippen LogP contribution in [0.5, 0.6) is 5.75 Å². The van der Waals surface area contributed by atoms with E-state index in [1.807, 2.05) is 0 Å². The molecule has 0 radical (unpaired) electrons. The molecule has 0 aliphatic carbocycles. The molecule has 3 aromatic carbocycles. The Kier molecular flexibility index (Phi) is 8.13. The van der Waals surface area contributed by atoms with Crippen molar-refractivity contribution in [3.63, 3.8) is 0 Å². The van der Waals surface area contributed by atoms with Crippen LogP contribution in [0.1, 0.15) is 5.56 Å². The predicted octanol–water partition coefficient (Wildman–Crippen LogP) is 4.24. The molecule has 0 spiro atoms. The van der Waals surface area contributed by atoms with Crippen molar-refractivity contribution >= 4 is 46.1 Å². The third-order valence-electron chi connectivity index (χ3n) is 4.83. The number of ether oxygens (including phenoxy) is 1. The van der Waals surface area contributed by atoms with E-state index in [4.69, 9.17) is 4.74 Å². The average molecular weight is 524 g/mol. The molecule has 3 aromatic rings. The van der Waals surface area contributed by atoms with Gasteiger partial charge in [0.1, 0.15) is 22.8 Å². The highest BCUT2D eigenvalue weighted by Crippen LogP contribution is 2.30. The summed E-state index contributed by atoms with van der Waals surface area (Å²) in [6.07, 6.45) is 1.14. The standard InChI is InChI=1S/C21H16N8O9/c1-38-16-6-2-13(3-7-16)19(25-24-18-9-5-15(27(32)33)11-21(18)29(36)37)12-22-23-17-8-4-14(26(30)31)10-20(17)28(34)35/h2-12,23-24H,1H3. The smallest absolute Gasteiger partial charge is 0.301 e. The first kappa shape index (κ1) is 26.6. The van der Waals surface area contributed by atoms with Crippen LogP contribution >= 0.6 is 0 Å². The highest BCUT2D eigenvalue weighted by molar-refractivity contribution is 6.38. The fourth-order valence-corrected chi connectivity index (χ4v) is 2.97. The van der Waals surface area contributed by atoms with Gasteiger partial charge >= 0.3 is 11.4 Å². The Labute approximate surface area is 211 Å². The third kappa shape index (κ3) is 6.36. The molecule has 2 N–H and O–H groups in total. The van der Waals surface area contributed by atoms with E-state index in [0.29, 0.717) is 11.3 Å². The molecule has 0 fully saturated rings. The minimum absolute atomic E-state index is 0.0809. The second-order valence-corrected chi connectivity index (χ2v) is 7.14. The Bertz CT molecular complexity index is 1470. The van der Waals surface area contributed by atoms with Crippen LogP contribution in [0.4, 0.5) is 34.1 Å². The number of nitrogens with one attached hydrogen (secondary N) is 2. The lowest BCUT2D eigenvalue weighted by Crippen LogP contribution is -2.09. The van der Waals surface area contributed by atoms with Gasteiger partial charge in [-0.15, -0.1) is 0 Å². The molecule has 0 amide bonds. The molecule has 0 aliphatic rings. The lowest BCUT2D eigenvalue weighted by atomic mass is 10.1. The van der Waals surface area contributed by atoms with Gasteiger partial charge in [0.25, 0.3) is 11.4 Å². The average Bonchev–Trinajstić information content (AvgIpc) is 2.90. The number of hydrazone groups is 2. The van der Waals surface area contributed by atoms with Gasteiger partial charge in [-0.3, -0.25) is 51.3 Å². The lowest BCUT2D eigenvalue weighted by molar-refractivity contribution is -0.393. The molecular weight excluding hydrogens is 508 g/mol. The molecule has 0 heterocycles. The fraction of sp³-hybridized carbons (Fsp3) is 0.0476. The molecular formula is C21H16N8O9. The highest BCUT2D eigenvalue weighted by Gasteiger charge is 2.20. The highest BCUT2D eigenvalue weighted by atomic mass is 16.6. The molecule has 0 aromatic heterocycles. The Morgan fingerprint density at radius 1 is 0.737 bits per heavy atom. The molecule has 17 heteroatoms. The maximum absolute atomic E-state index is 11.4. The molecule has 0 aliphatic heterocycles. The first-order valence-electron chi connectivity index (χ1n) is 10.2. The van der Waals surface area contributed by atoms with Crippen LogP contribution in [0, 0.1) is 40.5 Å². The van der Waals surface area contributed by atoms with Crippen molar-refractivity contribution < 1.29 is 24.4 Å². The van der Waals surface area contributed by atoms with Gasteiger partial charge in [0.2, 0.25) is 0 Å². The van der Waals surface area contributed by atoms with Crippen LogP contribution in [-0.4, -0.2) is 38.7 Å². The summed E-state index contributed by atoms with van der Waals surface area (Å²) >= 11 is 0. The van der Waals surface area contributed by atoms with Gasteiger partial charge in [-0.1, -0.05) is 0 Å². The zero-order chi connectivity index (χ0) is 27.8. The van der Waals surface area contributed by atoms with Gasteiger partial charge in [0.15, 0.2) is 0 Å². The molecule has 194 valence electrons. The SMILES string of the molecule is COc1ccc(C(C=NNc2ccc([N+](=O)[O-])cc2[N+](=O)[O-])=NNc2ccc([N+](=O)[O-])cc2[N+](=O)[O-])cc1. The quantitative estimate of drug-likeness (QED) is 0.204. The molecule has 17 nitrogen and oxygen atoms in total. The van der Waals surface area contributed by atoms with Crippen molar-refractivity contribution in [1.82, 2.24) is 0 Å². The lowest BCUT2D eigenvalue weighted by Gasteiger charge is -2.07. The van der Waals surface area contributed by atoms with Crippen LogP contribution in [0.25, 0.3) is 0 Å². The van der Waals surface area contributed by atoms with E-state index in [-0.39, 0.29) is 17.1 Å². The molecule has 0 saturated heterocycles. The maximum Gasteiger partial charge on any atom is 0.301 e. The van der Waals surface area contributed by atoms with E-state index in [0.717, 1.165) is 42.6 Å². The normalized spacial score (nSPS) is 11.1. The number of nitro benzene ring substituents is 4. The summed E-state index contributed by atoms with van der Waals surface area (Å²) in [5.41, 5.74) is 2.94. The van der Waals surface area contributed by atoms with Crippen LogP contribution < -0.4 is 15.6 Å². The van der Waals surface area contributed by atoms with Crippen LogP contribution in [0.2, 0.25) is 0 Å². The van der Waals surface area contributed by atoms with Crippen LogP contribution in [0.3, 0.4) is 0 Å². The summed E-state index contributed by atoms with van der Waals surface area (Å²) in [6, 6.07) is 12.2. The van der Waals surface area contributed by atoms with Gasteiger partial charge in [-0.2, -0.15) is 10.2 Å². The summed E-state index contributed by atoms with van der Waals surface area (Å²) in [5.74, 6) is 0.517. The summed E-state index contributed by atoms with van der Waals surface area (Å²) < 4.78 is 5.11. The Morgan fingerprint density at radius 2 is 1.24 bits per heavy atom. The van der Waals surface area contributed by atoms with E-state index >= 15 is 0 Å². The van der Waals surface area contributed by atoms with Crippen molar-refractivity contribution in [2.24, 2.45) is 10.2 Å². The van der Waals surface area contributed by atoms with Crippen LogP contribution in [0.15, 0.2) is 70.9 Å². The second-order valence-electron chi connectivity index (χ2n) is 7.14. The van der Waals surface area contributed by atoms with Gasteiger partial charge < -0.3 is 4.74 Å². The largest absolute Gasteiger partial charge is 0.497 e. The van der Waals surface area contributed by atoms with Crippen LogP contribution in [-0.2, 0) is 0 Å². The monoisotopic (exact) mass is 524 g/mol.